The van der Waals surface area contributed by atoms with Crippen molar-refractivity contribution in [1.82, 2.24) is 19.9 Å². The van der Waals surface area contributed by atoms with E-state index in [4.69, 9.17) is 25.7 Å². The SMILES string of the molecule is C[C@H]1CCN(C(=O)CC#N)C[C@@H]1N(C)c1ncnc2[nH]ccc12.O=C(O)CC(O)(CC(=O)O)C(=O)O. The number of fused-ring (bicyclic) bond motifs is 1. The van der Waals surface area contributed by atoms with E-state index in [0.29, 0.717) is 12.5 Å². The molecule has 0 spiro atoms. The summed E-state index contributed by atoms with van der Waals surface area (Å²) in [6.45, 7) is 3.53. The molecule has 3 rings (SSSR count). The highest BCUT2D eigenvalue weighted by Crippen LogP contribution is 2.28. The quantitative estimate of drug-likeness (QED) is 0.327. The number of amides is 1. The molecule has 14 heteroatoms. The number of hydrogen-bond donors (Lipinski definition) is 5. The van der Waals surface area contributed by atoms with Gasteiger partial charge in [0, 0.05) is 26.3 Å². The average molecular weight is 505 g/mol. The minimum atomic E-state index is -2.74. The standard InChI is InChI=1S/C16H20N6O.C6H8O7/c1-11-5-8-22(14(23)3-6-17)9-13(11)21(2)16-12-4-7-18-15(12)19-10-20-16;7-3(8)1-6(13,5(11)12)2-4(9)10/h4,7,10-11,13H,3,5,8-9H2,1-2H3,(H,18,19,20);13H,1-2H2,(H,7,8)(H,9,10)(H,11,12)/t11-,13-;/m0./s1. The number of carbonyl (C=O) groups excluding carboxylic acids is 1. The Morgan fingerprint density at radius 1 is 1.22 bits per heavy atom. The Balaban J connectivity index is 0.000000302. The van der Waals surface area contributed by atoms with Crippen molar-refractivity contribution < 1.29 is 39.6 Å². The summed E-state index contributed by atoms with van der Waals surface area (Å²) >= 11 is 0. The molecule has 1 amide bonds. The van der Waals surface area contributed by atoms with Crippen molar-refractivity contribution in [2.75, 3.05) is 25.0 Å². The number of aromatic nitrogens is 3. The van der Waals surface area contributed by atoms with Gasteiger partial charge in [-0.3, -0.25) is 14.4 Å². The van der Waals surface area contributed by atoms with Gasteiger partial charge in [-0.15, -0.1) is 0 Å². The van der Waals surface area contributed by atoms with Gasteiger partial charge in [0.15, 0.2) is 5.60 Å². The van der Waals surface area contributed by atoms with Crippen molar-refractivity contribution in [2.24, 2.45) is 5.92 Å². The minimum Gasteiger partial charge on any atom is -0.481 e. The van der Waals surface area contributed by atoms with E-state index >= 15 is 0 Å². The lowest BCUT2D eigenvalue weighted by Crippen LogP contribution is -2.52. The van der Waals surface area contributed by atoms with Crippen molar-refractivity contribution in [1.29, 1.82) is 5.26 Å². The molecule has 1 saturated heterocycles. The van der Waals surface area contributed by atoms with Crippen LogP contribution in [0.5, 0.6) is 0 Å². The van der Waals surface area contributed by atoms with Gasteiger partial charge in [0.1, 0.15) is 24.2 Å². The van der Waals surface area contributed by atoms with Gasteiger partial charge in [-0.05, 0) is 18.4 Å². The Morgan fingerprint density at radius 3 is 2.42 bits per heavy atom. The fourth-order valence-electron chi connectivity index (χ4n) is 3.97. The van der Waals surface area contributed by atoms with Gasteiger partial charge in [0.05, 0.1) is 30.3 Å². The normalized spacial score (nSPS) is 17.4. The monoisotopic (exact) mass is 504 g/mol. The first-order valence-electron chi connectivity index (χ1n) is 10.9. The molecule has 36 heavy (non-hydrogen) atoms. The third-order valence-electron chi connectivity index (χ3n) is 5.95. The number of carboxylic acids is 3. The minimum absolute atomic E-state index is 0.0552. The molecule has 0 aliphatic carbocycles. The summed E-state index contributed by atoms with van der Waals surface area (Å²) in [5.74, 6) is -3.81. The summed E-state index contributed by atoms with van der Waals surface area (Å²) in [4.78, 5) is 58.2. The Hall–Kier alpha value is -4.25. The maximum Gasteiger partial charge on any atom is 0.336 e. The molecule has 1 fully saturated rings. The summed E-state index contributed by atoms with van der Waals surface area (Å²) in [7, 11) is 2.01. The van der Waals surface area contributed by atoms with Crippen molar-refractivity contribution in [3.05, 3.63) is 18.6 Å². The number of hydrogen-bond acceptors (Lipinski definition) is 9. The largest absolute Gasteiger partial charge is 0.481 e. The number of aliphatic hydroxyl groups is 1. The van der Waals surface area contributed by atoms with Gasteiger partial charge in [0.25, 0.3) is 0 Å². The fourth-order valence-corrected chi connectivity index (χ4v) is 3.97. The van der Waals surface area contributed by atoms with E-state index in [1.165, 1.54) is 0 Å². The number of nitrogens with zero attached hydrogens (tertiary/aromatic N) is 5. The summed E-state index contributed by atoms with van der Waals surface area (Å²) in [5, 5.41) is 43.5. The Bertz CT molecular complexity index is 1140. The number of carboxylic acid groups (broad SMARTS) is 3. The summed E-state index contributed by atoms with van der Waals surface area (Å²) in [6, 6.07) is 4.07. The second-order valence-corrected chi connectivity index (χ2v) is 8.53. The molecular formula is C22H28N6O8. The second-order valence-electron chi connectivity index (χ2n) is 8.53. The van der Waals surface area contributed by atoms with E-state index in [9.17, 15) is 19.2 Å². The summed E-state index contributed by atoms with van der Waals surface area (Å²) in [5.41, 5.74) is -1.93. The van der Waals surface area contributed by atoms with E-state index < -0.39 is 36.4 Å². The zero-order valence-corrected chi connectivity index (χ0v) is 19.8. The van der Waals surface area contributed by atoms with Crippen LogP contribution in [0.2, 0.25) is 0 Å². The van der Waals surface area contributed by atoms with Crippen LogP contribution in [0.3, 0.4) is 0 Å². The molecule has 0 saturated carbocycles. The third kappa shape index (κ3) is 6.89. The van der Waals surface area contributed by atoms with E-state index in [1.54, 1.807) is 11.2 Å². The topological polar surface area (TPSA) is 221 Å². The molecule has 2 aromatic heterocycles. The maximum absolute atomic E-state index is 12.0. The van der Waals surface area contributed by atoms with Crippen LogP contribution in [0.4, 0.5) is 5.82 Å². The number of nitrogens with one attached hydrogen (secondary N) is 1. The van der Waals surface area contributed by atoms with Crippen LogP contribution in [0, 0.1) is 17.2 Å². The van der Waals surface area contributed by atoms with Gasteiger partial charge < -0.3 is 35.2 Å². The zero-order chi connectivity index (χ0) is 27.0. The Kier molecular flexibility index (Phi) is 9.28. The number of piperidine rings is 1. The van der Waals surface area contributed by atoms with Crippen molar-refractivity contribution in [2.45, 2.75) is 44.2 Å². The van der Waals surface area contributed by atoms with Crippen LogP contribution in [-0.2, 0) is 19.2 Å². The number of likely N-dealkylation sites (N-methyl/N-ethyl adjacent to an activating group) is 1. The number of aliphatic carboxylic acids is 3. The molecule has 5 N–H and O–H groups in total. The first-order chi connectivity index (χ1) is 16.9. The highest BCUT2D eigenvalue weighted by atomic mass is 16.4. The first kappa shape index (κ1) is 28.0. The predicted molar refractivity (Wildman–Crippen MR) is 124 cm³/mol. The second kappa shape index (κ2) is 11.9. The number of anilines is 1. The Labute approximate surface area is 205 Å². The molecule has 3 heterocycles. The number of rotatable bonds is 8. The van der Waals surface area contributed by atoms with Gasteiger partial charge in [0.2, 0.25) is 5.91 Å². The lowest BCUT2D eigenvalue weighted by molar-refractivity contribution is -0.170. The molecule has 1 aliphatic rings. The van der Waals surface area contributed by atoms with Crippen molar-refractivity contribution in [3.8, 4) is 6.07 Å². The van der Waals surface area contributed by atoms with E-state index in [2.05, 4.69) is 26.8 Å². The van der Waals surface area contributed by atoms with E-state index in [0.717, 1.165) is 29.8 Å². The van der Waals surface area contributed by atoms with Crippen LogP contribution < -0.4 is 4.90 Å². The van der Waals surface area contributed by atoms with Crippen molar-refractivity contribution >= 4 is 40.7 Å². The fraction of sp³-hybridized carbons (Fsp3) is 0.500. The molecule has 2 atom stereocenters. The summed E-state index contributed by atoms with van der Waals surface area (Å²) in [6.07, 6.45) is 1.98. The lowest BCUT2D eigenvalue weighted by atomic mass is 9.92. The van der Waals surface area contributed by atoms with Crippen LogP contribution in [0.25, 0.3) is 11.0 Å². The first-order valence-corrected chi connectivity index (χ1v) is 10.9. The average Bonchev–Trinajstić information content (AvgIpc) is 3.27. The zero-order valence-electron chi connectivity index (χ0n) is 19.8. The van der Waals surface area contributed by atoms with Gasteiger partial charge in [-0.1, -0.05) is 6.92 Å². The molecule has 0 bridgehead atoms. The molecule has 0 radical (unpaired) electrons. The van der Waals surface area contributed by atoms with Gasteiger partial charge >= 0.3 is 17.9 Å². The van der Waals surface area contributed by atoms with Gasteiger partial charge in [-0.2, -0.15) is 5.26 Å². The number of carbonyl (C=O) groups is 4. The molecule has 0 aromatic carbocycles. The van der Waals surface area contributed by atoms with Crippen molar-refractivity contribution in [3.63, 3.8) is 0 Å². The van der Waals surface area contributed by atoms with E-state index in [1.807, 2.05) is 25.4 Å². The molecule has 194 valence electrons. The summed E-state index contributed by atoms with van der Waals surface area (Å²) < 4.78 is 0. The predicted octanol–water partition coefficient (Wildman–Crippen LogP) is 0.296. The maximum atomic E-state index is 12.0. The Morgan fingerprint density at radius 2 is 1.86 bits per heavy atom. The molecule has 0 unspecified atom stereocenters. The van der Waals surface area contributed by atoms with Gasteiger partial charge in [-0.25, -0.2) is 14.8 Å². The molecule has 1 aliphatic heterocycles. The highest BCUT2D eigenvalue weighted by Gasteiger charge is 2.40. The number of H-pyrrole nitrogens is 1. The highest BCUT2D eigenvalue weighted by molar-refractivity contribution is 5.88. The van der Waals surface area contributed by atoms with Crippen LogP contribution in [0.15, 0.2) is 18.6 Å². The number of aromatic amines is 1. The van der Waals surface area contributed by atoms with Crippen LogP contribution in [-0.4, -0.2) is 95.9 Å². The van der Waals surface area contributed by atoms with E-state index in [-0.39, 0.29) is 18.4 Å². The molecular weight excluding hydrogens is 476 g/mol. The third-order valence-corrected chi connectivity index (χ3v) is 5.95. The lowest BCUT2D eigenvalue weighted by Gasteiger charge is -2.42. The molecule has 14 nitrogen and oxygen atoms in total. The number of likely N-dealkylation sites (tertiary alicyclic amines) is 1. The van der Waals surface area contributed by atoms with Crippen LogP contribution in [0.1, 0.15) is 32.6 Å². The number of nitriles is 1. The molecule has 2 aromatic rings. The van der Waals surface area contributed by atoms with Crippen LogP contribution >= 0.6 is 0 Å². The smallest absolute Gasteiger partial charge is 0.336 e.